The van der Waals surface area contributed by atoms with Gasteiger partial charge in [0.2, 0.25) is 7.37 Å². The fraction of sp³-hybridized carbons (Fsp3) is 0.360. The molecule has 0 bridgehead atoms. The van der Waals surface area contributed by atoms with Crippen LogP contribution in [0.3, 0.4) is 0 Å². The number of nitrogens with two attached hydrogens (primary N) is 1. The molecule has 3 amide bonds. The molecule has 5 N–H and O–H groups in total. The number of benzene rings is 5. The number of anilines is 2. The largest absolute Gasteiger partial charge is 0.417 e. The van der Waals surface area contributed by atoms with Gasteiger partial charge in [-0.1, -0.05) is 70.7 Å². The minimum absolute atomic E-state index is 0.0779. The van der Waals surface area contributed by atoms with Crippen molar-refractivity contribution in [2.75, 3.05) is 84.0 Å². The number of nitro groups is 1. The van der Waals surface area contributed by atoms with Crippen molar-refractivity contribution in [1.82, 2.24) is 15.1 Å². The second-order valence-corrected chi connectivity index (χ2v) is 23.2. The number of nitrogens with one attached hydrogen (secondary N) is 3. The first-order valence-corrected chi connectivity index (χ1v) is 28.5. The lowest BCUT2D eigenvalue weighted by molar-refractivity contribution is -0.384. The van der Waals surface area contributed by atoms with Gasteiger partial charge in [0.15, 0.2) is 0 Å². The average Bonchev–Trinajstić information content (AvgIpc) is 3.35. The van der Waals surface area contributed by atoms with Gasteiger partial charge in [-0.25, -0.2) is 9.59 Å². The number of urea groups is 1. The van der Waals surface area contributed by atoms with E-state index in [4.69, 9.17) is 71.8 Å². The predicted molar refractivity (Wildman–Crippen MR) is 294 cm³/mol. The standard InChI is InChI=1S/C23H19Cl2N3O4.C22H28Cl2N3O4P.C4H12NO2P.CH3F/c1-27-12-20(19-10-15(24)11-22(25)21(19)13-27)14-2-4-16(5-3-14)26-23(29)32-18-8-6-17(7-9-18)28(30)31;1-4-30-32(29,31-5-2)14-25-22(28)26-17-8-6-15(7-9-17)19-12-27(3)13-20-18(19)10-16(23)11-21(20)24;1-3-7-8(2,6)4-5;1-2/h2-11,20H,12-13H2,1H3,(H,26,29);6-11,19H,4-5,12-14H2,1-3H3,(H2,25,26,28);3-5H2,1-2H3;1H3/i;;;1D. The molecule has 2 heterocycles. The lowest BCUT2D eigenvalue weighted by Crippen LogP contribution is -2.31. The van der Waals surface area contributed by atoms with Crippen LogP contribution < -0.4 is 26.4 Å². The molecule has 7 rings (SSSR count). The second-order valence-electron chi connectivity index (χ2n) is 16.8. The van der Waals surface area contributed by atoms with Crippen molar-refractivity contribution >= 4 is 90.6 Å². The molecule has 0 saturated heterocycles. The third-order valence-electron chi connectivity index (χ3n) is 11.2. The first kappa shape index (κ1) is 60.2. The van der Waals surface area contributed by atoms with Crippen molar-refractivity contribution in [1.29, 1.82) is 0 Å². The van der Waals surface area contributed by atoms with Gasteiger partial charge in [0, 0.05) is 88.3 Å². The molecule has 17 nitrogen and oxygen atoms in total. The molecule has 0 radical (unpaired) electrons. The highest BCUT2D eigenvalue weighted by Crippen LogP contribution is 2.47. The SMILES string of the molecule is CCOP(=O)(CNC(=O)Nc1ccc(C2CN(C)Cc3c(Cl)cc(Cl)cc32)cc1)OCC.CCOP(C)(=O)CN.CN1Cc2c(Cl)cc(Cl)cc2C(c2ccc(NC(=O)Oc3ccc([N+](=O)[O-])cc3)cc2)C1.[2H]CF. The van der Waals surface area contributed by atoms with Crippen LogP contribution in [0.25, 0.3) is 0 Å². The summed E-state index contributed by atoms with van der Waals surface area (Å²) in [5.74, 6) is 0.424. The summed E-state index contributed by atoms with van der Waals surface area (Å²) in [7, 11) is -2.64. The molecular weight excluding hydrogens is 1080 g/mol. The number of rotatable bonds is 15. The van der Waals surface area contributed by atoms with Crippen LogP contribution in [0, 0.1) is 10.1 Å². The number of halogens is 5. The third kappa shape index (κ3) is 18.6. The van der Waals surface area contributed by atoms with Crippen molar-refractivity contribution in [3.8, 4) is 5.75 Å². The van der Waals surface area contributed by atoms with Crippen molar-refractivity contribution in [3.63, 3.8) is 0 Å². The summed E-state index contributed by atoms with van der Waals surface area (Å²) in [4.78, 5) is 39.0. The zero-order valence-corrected chi connectivity index (χ0v) is 46.6. The number of alkyl halides is 1. The second kappa shape index (κ2) is 29.6. The Bertz CT molecular complexity index is 2780. The molecule has 0 fully saturated rings. The number of likely N-dealkylation sites (N-methyl/N-ethyl adjacent to an activating group) is 2. The molecule has 5 aromatic carbocycles. The van der Waals surface area contributed by atoms with E-state index in [-0.39, 0.29) is 49.1 Å². The van der Waals surface area contributed by atoms with Crippen LogP contribution in [0.4, 0.5) is 31.0 Å². The van der Waals surface area contributed by atoms with Gasteiger partial charge < -0.3 is 44.5 Å². The highest BCUT2D eigenvalue weighted by atomic mass is 35.5. The number of ether oxygens (including phenoxy) is 1. The number of hydrogen-bond donors (Lipinski definition) is 4. The van der Waals surface area contributed by atoms with Crippen LogP contribution in [-0.2, 0) is 35.8 Å². The molecule has 3 unspecified atom stereocenters. The molecule has 402 valence electrons. The van der Waals surface area contributed by atoms with E-state index < -0.39 is 39.2 Å². The van der Waals surface area contributed by atoms with Crippen LogP contribution in [0.1, 0.15) is 67.4 Å². The minimum atomic E-state index is -3.35. The summed E-state index contributed by atoms with van der Waals surface area (Å²) in [5, 5.41) is 21.2. The molecule has 2 aliphatic rings. The molecule has 74 heavy (non-hydrogen) atoms. The highest BCUT2D eigenvalue weighted by molar-refractivity contribution is 7.58. The predicted octanol–water partition coefficient (Wildman–Crippen LogP) is 13.4. The van der Waals surface area contributed by atoms with E-state index in [0.29, 0.717) is 38.1 Å². The minimum Gasteiger partial charge on any atom is -0.410 e. The zero-order chi connectivity index (χ0) is 55.5. The summed E-state index contributed by atoms with van der Waals surface area (Å²) in [6, 6.07) is 27.4. The topological polar surface area (TPSA) is 217 Å². The molecule has 24 heteroatoms. The van der Waals surface area contributed by atoms with Gasteiger partial charge in [0.25, 0.3) is 5.69 Å². The quantitative estimate of drug-likeness (QED) is 0.0436. The Balaban J connectivity index is 0.000000271. The summed E-state index contributed by atoms with van der Waals surface area (Å²) in [5.41, 5.74) is 12.8. The Morgan fingerprint density at radius 2 is 1.19 bits per heavy atom. The van der Waals surface area contributed by atoms with Crippen LogP contribution in [0.2, 0.25) is 20.1 Å². The maximum Gasteiger partial charge on any atom is 0.417 e. The number of amides is 3. The van der Waals surface area contributed by atoms with E-state index >= 15 is 0 Å². The van der Waals surface area contributed by atoms with Crippen LogP contribution in [0.15, 0.2) is 97.1 Å². The molecule has 0 spiro atoms. The Morgan fingerprint density at radius 1 is 0.757 bits per heavy atom. The molecule has 5 aromatic rings. The fourth-order valence-electron chi connectivity index (χ4n) is 7.94. The van der Waals surface area contributed by atoms with Gasteiger partial charge >= 0.3 is 19.7 Å². The summed E-state index contributed by atoms with van der Waals surface area (Å²) >= 11 is 25.4. The van der Waals surface area contributed by atoms with Gasteiger partial charge in [-0.2, -0.15) is 0 Å². The van der Waals surface area contributed by atoms with Crippen LogP contribution in [0.5, 0.6) is 5.75 Å². The van der Waals surface area contributed by atoms with Gasteiger partial charge in [-0.05, 0) is 129 Å². The molecule has 0 aliphatic carbocycles. The van der Waals surface area contributed by atoms with Crippen molar-refractivity contribution < 1.29 is 47.7 Å². The van der Waals surface area contributed by atoms with Gasteiger partial charge in [-0.3, -0.25) is 29.0 Å². The zero-order valence-electron chi connectivity index (χ0n) is 42.7. The molecule has 0 aromatic heterocycles. The normalized spacial score (nSPS) is 16.1. The lowest BCUT2D eigenvalue weighted by Gasteiger charge is -2.33. The smallest absolute Gasteiger partial charge is 0.410 e. The van der Waals surface area contributed by atoms with Gasteiger partial charge in [0.05, 0.1) is 39.6 Å². The summed E-state index contributed by atoms with van der Waals surface area (Å²) in [6.45, 7) is 10.9. The Kier molecular flexibility index (Phi) is 24.1. The first-order valence-electron chi connectivity index (χ1n) is 23.7. The Labute approximate surface area is 453 Å². The average molecular weight is 1140 g/mol. The highest BCUT2D eigenvalue weighted by Gasteiger charge is 2.29. The first-order chi connectivity index (χ1) is 35.6. The number of nitro benzene ring substituents is 1. The van der Waals surface area contributed by atoms with Crippen molar-refractivity contribution in [3.05, 3.63) is 161 Å². The molecular formula is C50H62Cl4FN7O10P2. The van der Waals surface area contributed by atoms with Crippen molar-refractivity contribution in [2.24, 2.45) is 5.73 Å². The molecule has 0 saturated carbocycles. The van der Waals surface area contributed by atoms with E-state index in [1.54, 1.807) is 45.0 Å². The molecule has 2 aliphatic heterocycles. The number of carbonyl (C=O) groups excluding carboxylic acids is 2. The number of non-ortho nitro benzene ring substituents is 1. The maximum atomic E-state index is 12.5. The fourth-order valence-corrected chi connectivity index (χ4v) is 11.1. The number of nitrogens with zero attached hydrogens (tertiary/aromatic N) is 3. The lowest BCUT2D eigenvalue weighted by atomic mass is 9.85. The third-order valence-corrected chi connectivity index (χ3v) is 15.6. The van der Waals surface area contributed by atoms with Gasteiger partial charge in [0.1, 0.15) is 12.0 Å². The molecule has 3 atom stereocenters. The summed E-state index contributed by atoms with van der Waals surface area (Å²) in [6.07, 6.45) is -0.750. The van der Waals surface area contributed by atoms with Crippen LogP contribution >= 0.6 is 61.4 Å². The van der Waals surface area contributed by atoms with Crippen molar-refractivity contribution in [2.45, 2.75) is 45.7 Å². The van der Waals surface area contributed by atoms with E-state index in [9.17, 15) is 33.2 Å². The monoisotopic (exact) mass is 1140 g/mol. The number of hydrogen-bond acceptors (Lipinski definition) is 13. The number of carbonyl (C=O) groups is 2. The number of fused-ring (bicyclic) bond motifs is 2. The Morgan fingerprint density at radius 3 is 1.58 bits per heavy atom. The Hall–Kier alpha value is -4.65. The van der Waals surface area contributed by atoms with Crippen LogP contribution in [-0.4, -0.2) is 100 Å². The van der Waals surface area contributed by atoms with E-state index in [1.165, 1.54) is 30.9 Å². The maximum absolute atomic E-state index is 12.5. The van der Waals surface area contributed by atoms with E-state index in [2.05, 4.69) is 32.8 Å². The van der Waals surface area contributed by atoms with E-state index in [0.717, 1.165) is 59.6 Å². The van der Waals surface area contributed by atoms with E-state index in [1.807, 2.05) is 55.6 Å². The summed E-state index contributed by atoms with van der Waals surface area (Å²) < 4.78 is 59.1. The van der Waals surface area contributed by atoms with Gasteiger partial charge in [-0.15, -0.1) is 0 Å².